The summed E-state index contributed by atoms with van der Waals surface area (Å²) in [5.74, 6) is 0. The van der Waals surface area contributed by atoms with Gasteiger partial charge in [-0.15, -0.1) is 0 Å². The molecule has 0 radical (unpaired) electrons. The molecule has 1 fully saturated rings. The first-order valence-corrected chi connectivity index (χ1v) is 7.69. The van der Waals surface area contributed by atoms with E-state index in [1.54, 1.807) is 0 Å². The Morgan fingerprint density at radius 3 is 2.63 bits per heavy atom. The summed E-state index contributed by atoms with van der Waals surface area (Å²) in [6, 6.07) is 0.838. The molecule has 1 saturated carbocycles. The van der Waals surface area contributed by atoms with Crippen molar-refractivity contribution in [3.05, 3.63) is 17.0 Å². The summed E-state index contributed by atoms with van der Waals surface area (Å²) in [6.07, 6.45) is 5.08. The minimum Gasteiger partial charge on any atom is -0.316 e. The smallest absolute Gasteiger partial charge is 0.0628 e. The molecule has 1 aliphatic carbocycles. The average Bonchev–Trinajstić information content (AvgIpc) is 3.18. The third-order valence-corrected chi connectivity index (χ3v) is 3.92. The van der Waals surface area contributed by atoms with E-state index in [9.17, 15) is 0 Å². The van der Waals surface area contributed by atoms with Crippen LogP contribution >= 0.6 is 0 Å². The van der Waals surface area contributed by atoms with Crippen LogP contribution in [0.15, 0.2) is 0 Å². The highest BCUT2D eigenvalue weighted by atomic mass is 15.3. The van der Waals surface area contributed by atoms with Crippen molar-refractivity contribution in [1.82, 2.24) is 20.4 Å². The van der Waals surface area contributed by atoms with Crippen LogP contribution in [-0.4, -0.2) is 35.5 Å². The molecular formula is C15H28N4. The van der Waals surface area contributed by atoms with Crippen molar-refractivity contribution in [3.8, 4) is 0 Å². The second-order valence-corrected chi connectivity index (χ2v) is 5.55. The zero-order chi connectivity index (χ0) is 13.7. The van der Waals surface area contributed by atoms with E-state index in [4.69, 9.17) is 0 Å². The van der Waals surface area contributed by atoms with Crippen LogP contribution in [0.25, 0.3) is 0 Å². The number of hydrogen-bond acceptors (Lipinski definition) is 3. The van der Waals surface area contributed by atoms with Crippen molar-refractivity contribution < 1.29 is 0 Å². The molecule has 4 nitrogen and oxygen atoms in total. The number of rotatable bonds is 9. The van der Waals surface area contributed by atoms with Crippen LogP contribution < -0.4 is 10.6 Å². The van der Waals surface area contributed by atoms with E-state index in [0.717, 1.165) is 38.6 Å². The van der Waals surface area contributed by atoms with E-state index in [-0.39, 0.29) is 0 Å². The van der Waals surface area contributed by atoms with E-state index in [2.05, 4.69) is 41.2 Å². The fraction of sp³-hybridized carbons (Fsp3) is 0.800. The summed E-state index contributed by atoms with van der Waals surface area (Å²) >= 11 is 0. The summed E-state index contributed by atoms with van der Waals surface area (Å²) in [7, 11) is 0. The molecule has 0 aliphatic heterocycles. The van der Waals surface area contributed by atoms with Gasteiger partial charge in [-0.05, 0) is 71.7 Å². The topological polar surface area (TPSA) is 41.9 Å². The van der Waals surface area contributed by atoms with E-state index >= 15 is 0 Å². The maximum atomic E-state index is 4.56. The molecule has 1 aromatic rings. The third kappa shape index (κ3) is 4.32. The minimum absolute atomic E-state index is 0.838. The van der Waals surface area contributed by atoms with Gasteiger partial charge < -0.3 is 10.6 Å². The fourth-order valence-corrected chi connectivity index (χ4v) is 2.55. The largest absolute Gasteiger partial charge is 0.316 e. The van der Waals surface area contributed by atoms with E-state index in [0.29, 0.717) is 0 Å². The van der Waals surface area contributed by atoms with Crippen molar-refractivity contribution in [1.29, 1.82) is 0 Å². The van der Waals surface area contributed by atoms with Crippen LogP contribution in [0.1, 0.15) is 43.1 Å². The van der Waals surface area contributed by atoms with Crippen LogP contribution in [0.3, 0.4) is 0 Å². The first-order chi connectivity index (χ1) is 9.22. The molecule has 1 heterocycles. The molecule has 0 spiro atoms. The molecule has 0 atom stereocenters. The molecule has 1 aromatic heterocycles. The quantitative estimate of drug-likeness (QED) is 0.668. The second-order valence-electron chi connectivity index (χ2n) is 5.55. The monoisotopic (exact) mass is 264 g/mol. The van der Waals surface area contributed by atoms with Gasteiger partial charge in [0.1, 0.15) is 0 Å². The van der Waals surface area contributed by atoms with Gasteiger partial charge in [0, 0.05) is 18.3 Å². The number of nitrogens with one attached hydrogen (secondary N) is 2. The highest BCUT2D eigenvalue weighted by molar-refractivity contribution is 5.24. The highest BCUT2D eigenvalue weighted by Gasteiger charge is 2.19. The van der Waals surface area contributed by atoms with Crippen LogP contribution in [0, 0.1) is 13.8 Å². The predicted molar refractivity (Wildman–Crippen MR) is 79.6 cm³/mol. The van der Waals surface area contributed by atoms with Gasteiger partial charge in [-0.2, -0.15) is 5.10 Å². The van der Waals surface area contributed by atoms with Crippen LogP contribution in [-0.2, 0) is 13.0 Å². The average molecular weight is 264 g/mol. The molecule has 2 N–H and O–H groups in total. The highest BCUT2D eigenvalue weighted by Crippen LogP contribution is 2.18. The van der Waals surface area contributed by atoms with E-state index < -0.39 is 0 Å². The Balaban J connectivity index is 1.60. The summed E-state index contributed by atoms with van der Waals surface area (Å²) in [5, 5.41) is 11.6. The molecular weight excluding hydrogens is 236 g/mol. The molecule has 0 amide bonds. The SMILES string of the molecule is CCn1nc(C)c(CCNCCCNC2CC2)c1C. The number of aromatic nitrogens is 2. The Bertz CT molecular complexity index is 393. The van der Waals surface area contributed by atoms with Gasteiger partial charge in [-0.1, -0.05) is 0 Å². The third-order valence-electron chi connectivity index (χ3n) is 3.92. The Morgan fingerprint density at radius 2 is 2.00 bits per heavy atom. The Labute approximate surface area is 117 Å². The van der Waals surface area contributed by atoms with Crippen molar-refractivity contribution in [3.63, 3.8) is 0 Å². The molecule has 0 unspecified atom stereocenters. The van der Waals surface area contributed by atoms with Gasteiger partial charge in [-0.25, -0.2) is 0 Å². The first-order valence-electron chi connectivity index (χ1n) is 7.69. The Hall–Kier alpha value is -0.870. The number of nitrogens with zero attached hydrogens (tertiary/aromatic N) is 2. The summed E-state index contributed by atoms with van der Waals surface area (Å²) in [5.41, 5.74) is 3.94. The normalized spacial score (nSPS) is 15.1. The van der Waals surface area contributed by atoms with E-state index in [1.165, 1.54) is 36.2 Å². The van der Waals surface area contributed by atoms with Gasteiger partial charge in [0.2, 0.25) is 0 Å². The van der Waals surface area contributed by atoms with Gasteiger partial charge in [0.25, 0.3) is 0 Å². The van der Waals surface area contributed by atoms with Crippen LogP contribution in [0.2, 0.25) is 0 Å². The minimum atomic E-state index is 0.838. The maximum Gasteiger partial charge on any atom is 0.0628 e. The van der Waals surface area contributed by atoms with Gasteiger partial charge in [0.05, 0.1) is 5.69 Å². The first kappa shape index (κ1) is 14.5. The standard InChI is InChI=1S/C15H28N4/c1-4-19-13(3)15(12(2)18-19)8-11-16-9-5-10-17-14-6-7-14/h14,16-17H,4-11H2,1-3H3. The summed E-state index contributed by atoms with van der Waals surface area (Å²) < 4.78 is 2.10. The van der Waals surface area contributed by atoms with E-state index in [1.807, 2.05) is 0 Å². The van der Waals surface area contributed by atoms with Crippen molar-refractivity contribution >= 4 is 0 Å². The van der Waals surface area contributed by atoms with Gasteiger partial charge in [0.15, 0.2) is 0 Å². The Kier molecular flexibility index (Phi) is 5.40. The van der Waals surface area contributed by atoms with Gasteiger partial charge >= 0.3 is 0 Å². The van der Waals surface area contributed by atoms with Crippen molar-refractivity contribution in [2.24, 2.45) is 0 Å². The van der Waals surface area contributed by atoms with Crippen LogP contribution in [0.4, 0.5) is 0 Å². The lowest BCUT2D eigenvalue weighted by molar-refractivity contribution is 0.592. The molecule has 108 valence electrons. The zero-order valence-electron chi connectivity index (χ0n) is 12.6. The maximum absolute atomic E-state index is 4.56. The summed E-state index contributed by atoms with van der Waals surface area (Å²) in [6.45, 7) is 10.7. The lowest BCUT2D eigenvalue weighted by Gasteiger charge is -2.06. The van der Waals surface area contributed by atoms with Crippen molar-refractivity contribution in [2.45, 2.75) is 59.0 Å². The van der Waals surface area contributed by atoms with Crippen LogP contribution in [0.5, 0.6) is 0 Å². The molecule has 0 bridgehead atoms. The molecule has 0 saturated heterocycles. The lowest BCUT2D eigenvalue weighted by Crippen LogP contribution is -2.24. The zero-order valence-corrected chi connectivity index (χ0v) is 12.6. The molecule has 19 heavy (non-hydrogen) atoms. The summed E-state index contributed by atoms with van der Waals surface area (Å²) in [4.78, 5) is 0. The van der Waals surface area contributed by atoms with Gasteiger partial charge in [-0.3, -0.25) is 4.68 Å². The Morgan fingerprint density at radius 1 is 1.21 bits per heavy atom. The number of hydrogen-bond donors (Lipinski definition) is 2. The second kappa shape index (κ2) is 7.06. The fourth-order valence-electron chi connectivity index (χ4n) is 2.55. The lowest BCUT2D eigenvalue weighted by atomic mass is 10.1. The molecule has 0 aromatic carbocycles. The molecule has 2 rings (SSSR count). The van der Waals surface area contributed by atoms with Crippen molar-refractivity contribution in [2.75, 3.05) is 19.6 Å². The predicted octanol–water partition coefficient (Wildman–Crippen LogP) is 1.79. The molecule has 4 heteroatoms. The number of aryl methyl sites for hydroxylation is 2. The molecule has 1 aliphatic rings.